The molecule has 0 N–H and O–H groups in total. The number of esters is 3. The van der Waals surface area contributed by atoms with Gasteiger partial charge in [-0.25, -0.2) is 0 Å². The number of hydrogen-bond acceptors (Lipinski definition) is 6. The molecule has 370 valence electrons. The molecule has 0 radical (unpaired) electrons. The third kappa shape index (κ3) is 50.1. The standard InChI is InChI=1S/C58H102O6/c1-4-7-10-13-16-19-22-25-28-30-33-36-39-42-45-48-51-57(60)63-54-55(53-62-56(59)50-47-44-41-38-35-32-27-24-21-18-15-12-9-6-3)64-58(61)52-49-46-43-40-37-34-31-29-26-23-20-17-14-11-8-5-2/h15,18-19,22,24,27-31,55H,4-14,16-17,20-21,23,25-26,32-54H2,1-3H3/b18-15-,22-19-,27-24-,30-28-,31-29-. The Kier molecular flexibility index (Phi) is 50.4. The lowest BCUT2D eigenvalue weighted by Gasteiger charge is -2.18. The van der Waals surface area contributed by atoms with Gasteiger partial charge in [0.2, 0.25) is 0 Å². The van der Waals surface area contributed by atoms with Gasteiger partial charge in [-0.05, 0) is 103 Å². The Balaban J connectivity index is 4.43. The van der Waals surface area contributed by atoms with Crippen molar-refractivity contribution in [2.45, 2.75) is 277 Å². The Bertz CT molecular complexity index is 1170. The normalized spacial score (nSPS) is 12.5. The maximum Gasteiger partial charge on any atom is 0.306 e. The van der Waals surface area contributed by atoms with Gasteiger partial charge in [0.15, 0.2) is 6.10 Å². The molecule has 0 saturated carbocycles. The van der Waals surface area contributed by atoms with Gasteiger partial charge in [-0.15, -0.1) is 0 Å². The fourth-order valence-corrected chi connectivity index (χ4v) is 7.54. The highest BCUT2D eigenvalue weighted by Gasteiger charge is 2.19. The second kappa shape index (κ2) is 52.7. The molecule has 0 fully saturated rings. The first-order chi connectivity index (χ1) is 31.5. The first-order valence-electron chi connectivity index (χ1n) is 27.3. The van der Waals surface area contributed by atoms with Crippen LogP contribution in [0.4, 0.5) is 0 Å². The summed E-state index contributed by atoms with van der Waals surface area (Å²) in [5.74, 6) is -0.917. The number of rotatable bonds is 49. The van der Waals surface area contributed by atoms with Crippen LogP contribution in [0.2, 0.25) is 0 Å². The third-order valence-electron chi connectivity index (χ3n) is 11.7. The number of hydrogen-bond donors (Lipinski definition) is 0. The largest absolute Gasteiger partial charge is 0.462 e. The molecular weight excluding hydrogens is 793 g/mol. The second-order valence-electron chi connectivity index (χ2n) is 18.1. The van der Waals surface area contributed by atoms with Gasteiger partial charge in [0, 0.05) is 19.3 Å². The molecule has 0 aromatic carbocycles. The van der Waals surface area contributed by atoms with Crippen molar-refractivity contribution in [3.05, 3.63) is 60.8 Å². The Labute approximate surface area is 396 Å². The van der Waals surface area contributed by atoms with Gasteiger partial charge >= 0.3 is 17.9 Å². The topological polar surface area (TPSA) is 78.9 Å². The van der Waals surface area contributed by atoms with E-state index >= 15 is 0 Å². The summed E-state index contributed by atoms with van der Waals surface area (Å²) in [5, 5.41) is 0. The lowest BCUT2D eigenvalue weighted by molar-refractivity contribution is -0.167. The van der Waals surface area contributed by atoms with Crippen molar-refractivity contribution in [2.75, 3.05) is 13.2 Å². The molecule has 64 heavy (non-hydrogen) atoms. The average molecular weight is 895 g/mol. The Morgan fingerprint density at radius 1 is 0.312 bits per heavy atom. The zero-order valence-electron chi connectivity index (χ0n) is 42.3. The maximum atomic E-state index is 12.8. The molecule has 0 aromatic rings. The van der Waals surface area contributed by atoms with Crippen LogP contribution in [0, 0.1) is 0 Å². The molecule has 1 atom stereocenters. The molecule has 0 bridgehead atoms. The third-order valence-corrected chi connectivity index (χ3v) is 11.7. The zero-order valence-corrected chi connectivity index (χ0v) is 42.3. The summed E-state index contributed by atoms with van der Waals surface area (Å²) < 4.78 is 16.8. The van der Waals surface area contributed by atoms with Crippen molar-refractivity contribution < 1.29 is 28.6 Å². The van der Waals surface area contributed by atoms with E-state index in [9.17, 15) is 14.4 Å². The fourth-order valence-electron chi connectivity index (χ4n) is 7.54. The summed E-state index contributed by atoms with van der Waals surface area (Å²) in [6.45, 7) is 6.56. The number of carbonyl (C=O) groups is 3. The minimum absolute atomic E-state index is 0.0890. The molecule has 0 heterocycles. The minimum Gasteiger partial charge on any atom is -0.462 e. The lowest BCUT2D eigenvalue weighted by Crippen LogP contribution is -2.30. The molecule has 0 aromatic heterocycles. The van der Waals surface area contributed by atoms with E-state index in [-0.39, 0.29) is 31.1 Å². The summed E-state index contributed by atoms with van der Waals surface area (Å²) in [6.07, 6.45) is 64.8. The Hall–Kier alpha value is -2.89. The highest BCUT2D eigenvalue weighted by Crippen LogP contribution is 2.14. The van der Waals surface area contributed by atoms with Crippen LogP contribution >= 0.6 is 0 Å². The molecule has 0 aliphatic heterocycles. The van der Waals surface area contributed by atoms with Gasteiger partial charge in [-0.1, -0.05) is 210 Å². The number of ether oxygens (including phenoxy) is 3. The van der Waals surface area contributed by atoms with Crippen molar-refractivity contribution in [3.8, 4) is 0 Å². The van der Waals surface area contributed by atoms with Crippen LogP contribution in [0.5, 0.6) is 0 Å². The van der Waals surface area contributed by atoms with E-state index in [0.29, 0.717) is 19.3 Å². The molecule has 0 spiro atoms. The number of carbonyl (C=O) groups excluding carboxylic acids is 3. The highest BCUT2D eigenvalue weighted by molar-refractivity contribution is 5.71. The van der Waals surface area contributed by atoms with Gasteiger partial charge in [0.1, 0.15) is 13.2 Å². The maximum absolute atomic E-state index is 12.8. The molecule has 1 unspecified atom stereocenters. The summed E-state index contributed by atoms with van der Waals surface area (Å²) in [4.78, 5) is 38.0. The van der Waals surface area contributed by atoms with Crippen molar-refractivity contribution in [1.29, 1.82) is 0 Å². The van der Waals surface area contributed by atoms with E-state index in [4.69, 9.17) is 14.2 Å². The van der Waals surface area contributed by atoms with Gasteiger partial charge < -0.3 is 14.2 Å². The number of allylic oxidation sites excluding steroid dienone is 10. The summed E-state index contributed by atoms with van der Waals surface area (Å²) in [5.41, 5.74) is 0. The lowest BCUT2D eigenvalue weighted by atomic mass is 10.1. The van der Waals surface area contributed by atoms with Crippen LogP contribution < -0.4 is 0 Å². The van der Waals surface area contributed by atoms with Crippen LogP contribution in [-0.4, -0.2) is 37.2 Å². The number of unbranched alkanes of at least 4 members (excludes halogenated alkanes) is 28. The van der Waals surface area contributed by atoms with Crippen LogP contribution in [0.3, 0.4) is 0 Å². The second-order valence-corrected chi connectivity index (χ2v) is 18.1. The van der Waals surface area contributed by atoms with Crippen LogP contribution in [-0.2, 0) is 28.6 Å². The van der Waals surface area contributed by atoms with E-state index in [1.165, 1.54) is 122 Å². The Morgan fingerprint density at radius 3 is 0.938 bits per heavy atom. The smallest absolute Gasteiger partial charge is 0.306 e. The van der Waals surface area contributed by atoms with E-state index in [2.05, 4.69) is 81.5 Å². The zero-order chi connectivity index (χ0) is 46.5. The van der Waals surface area contributed by atoms with Gasteiger partial charge in [0.05, 0.1) is 0 Å². The predicted molar refractivity (Wildman–Crippen MR) is 275 cm³/mol. The molecule has 0 aliphatic carbocycles. The molecular formula is C58H102O6. The van der Waals surface area contributed by atoms with Gasteiger partial charge in [-0.2, -0.15) is 0 Å². The van der Waals surface area contributed by atoms with Gasteiger partial charge in [0.25, 0.3) is 0 Å². The van der Waals surface area contributed by atoms with Crippen LogP contribution in [0.1, 0.15) is 271 Å². The summed E-state index contributed by atoms with van der Waals surface area (Å²) >= 11 is 0. The van der Waals surface area contributed by atoms with E-state index in [0.717, 1.165) is 109 Å². The molecule has 0 rings (SSSR count). The molecule has 6 heteroatoms. The minimum atomic E-state index is -0.789. The predicted octanol–water partition coefficient (Wildman–Crippen LogP) is 18.0. The SMILES string of the molecule is CCCC/C=C\C/C=C\CCCCCCCC(=O)OCC(COC(=O)CCCCCCC/C=C\C/C=C\CCCCCC)OC(=O)CCCCCCC/C=C\CCCCCCCCC. The highest BCUT2D eigenvalue weighted by atomic mass is 16.6. The molecule has 0 amide bonds. The van der Waals surface area contributed by atoms with E-state index in [1.54, 1.807) is 0 Å². The van der Waals surface area contributed by atoms with Crippen LogP contribution in [0.15, 0.2) is 60.8 Å². The molecule has 0 saturated heterocycles. The van der Waals surface area contributed by atoms with Crippen molar-refractivity contribution in [2.24, 2.45) is 0 Å². The van der Waals surface area contributed by atoms with Crippen molar-refractivity contribution in [3.63, 3.8) is 0 Å². The fraction of sp³-hybridized carbons (Fsp3) is 0.776. The van der Waals surface area contributed by atoms with Crippen molar-refractivity contribution >= 4 is 17.9 Å². The van der Waals surface area contributed by atoms with Crippen molar-refractivity contribution in [1.82, 2.24) is 0 Å². The van der Waals surface area contributed by atoms with Gasteiger partial charge in [-0.3, -0.25) is 14.4 Å². The first-order valence-corrected chi connectivity index (χ1v) is 27.3. The van der Waals surface area contributed by atoms with E-state index < -0.39 is 6.10 Å². The quantitative estimate of drug-likeness (QED) is 0.0262. The van der Waals surface area contributed by atoms with Crippen LogP contribution in [0.25, 0.3) is 0 Å². The van der Waals surface area contributed by atoms with E-state index in [1.807, 2.05) is 0 Å². The molecule has 6 nitrogen and oxygen atoms in total. The monoisotopic (exact) mass is 895 g/mol. The molecule has 0 aliphatic rings. The summed E-state index contributed by atoms with van der Waals surface area (Å²) in [6, 6.07) is 0. The first kappa shape index (κ1) is 61.1. The Morgan fingerprint density at radius 2 is 0.578 bits per heavy atom. The average Bonchev–Trinajstić information content (AvgIpc) is 3.29. The summed E-state index contributed by atoms with van der Waals surface area (Å²) in [7, 11) is 0.